The largest absolute Gasteiger partial charge is 0.396 e. The molecule has 20 heavy (non-hydrogen) atoms. The molecule has 0 saturated carbocycles. The van der Waals surface area contributed by atoms with Crippen LogP contribution in [-0.4, -0.2) is 77.3 Å². The summed E-state index contributed by atoms with van der Waals surface area (Å²) in [7, 11) is 1.94. The number of nitrogens with zero attached hydrogens (tertiary/aromatic N) is 3. The third kappa shape index (κ3) is 3.54. The average Bonchev–Trinajstić information content (AvgIpc) is 3.07. The van der Waals surface area contributed by atoms with Crippen molar-refractivity contribution in [2.24, 2.45) is 11.8 Å². The molecule has 0 aliphatic carbocycles. The van der Waals surface area contributed by atoms with Gasteiger partial charge in [-0.1, -0.05) is 0 Å². The van der Waals surface area contributed by atoms with Gasteiger partial charge in [0.25, 0.3) is 5.91 Å². The molecule has 6 nitrogen and oxygen atoms in total. The van der Waals surface area contributed by atoms with Crippen molar-refractivity contribution < 1.29 is 15.0 Å². The van der Waals surface area contributed by atoms with Crippen molar-refractivity contribution in [3.05, 3.63) is 16.6 Å². The van der Waals surface area contributed by atoms with Crippen LogP contribution in [-0.2, 0) is 0 Å². The summed E-state index contributed by atoms with van der Waals surface area (Å²) in [5.41, 5.74) is 2.13. The lowest BCUT2D eigenvalue weighted by atomic mass is 9.96. The van der Waals surface area contributed by atoms with Crippen molar-refractivity contribution in [1.29, 1.82) is 0 Å². The Morgan fingerprint density at radius 2 is 2.25 bits per heavy atom. The second kappa shape index (κ2) is 7.12. The molecule has 2 N–H and O–H groups in total. The molecule has 112 valence electrons. The summed E-state index contributed by atoms with van der Waals surface area (Å²) in [5, 5.41) is 20.2. The predicted molar refractivity (Wildman–Crippen MR) is 76.7 cm³/mol. The van der Waals surface area contributed by atoms with Gasteiger partial charge in [-0.3, -0.25) is 4.79 Å². The number of likely N-dealkylation sites (tertiary alicyclic amines) is 1. The van der Waals surface area contributed by atoms with Crippen LogP contribution in [0.1, 0.15) is 10.5 Å². The molecule has 0 unspecified atom stereocenters. The number of hydrogen-bond acceptors (Lipinski definition) is 6. The van der Waals surface area contributed by atoms with Crippen LogP contribution in [0.4, 0.5) is 0 Å². The van der Waals surface area contributed by atoms with Gasteiger partial charge in [-0.05, 0) is 13.0 Å². The van der Waals surface area contributed by atoms with Crippen LogP contribution in [0.3, 0.4) is 0 Å². The van der Waals surface area contributed by atoms with E-state index in [-0.39, 0.29) is 31.0 Å². The smallest absolute Gasteiger partial charge is 0.273 e. The first-order valence-electron chi connectivity index (χ1n) is 6.73. The molecule has 0 aromatic carbocycles. The number of rotatable bonds is 6. The van der Waals surface area contributed by atoms with Crippen molar-refractivity contribution in [2.45, 2.75) is 0 Å². The maximum atomic E-state index is 12.3. The fourth-order valence-corrected chi connectivity index (χ4v) is 3.19. The van der Waals surface area contributed by atoms with Gasteiger partial charge in [0.05, 0.1) is 12.1 Å². The van der Waals surface area contributed by atoms with Crippen molar-refractivity contribution in [1.82, 2.24) is 14.8 Å². The van der Waals surface area contributed by atoms with E-state index in [1.165, 1.54) is 11.3 Å². The zero-order valence-corrected chi connectivity index (χ0v) is 12.4. The van der Waals surface area contributed by atoms with Crippen LogP contribution in [0.2, 0.25) is 0 Å². The lowest BCUT2D eigenvalue weighted by Crippen LogP contribution is -2.33. The predicted octanol–water partition coefficient (Wildman–Crippen LogP) is -0.252. The van der Waals surface area contributed by atoms with Gasteiger partial charge in [-0.25, -0.2) is 4.98 Å². The summed E-state index contributed by atoms with van der Waals surface area (Å²) in [6.07, 6.45) is 0. The van der Waals surface area contributed by atoms with Crippen molar-refractivity contribution in [3.8, 4) is 0 Å². The fourth-order valence-electron chi connectivity index (χ4n) is 2.66. The third-order valence-electron chi connectivity index (χ3n) is 3.78. The molecule has 1 amide bonds. The number of aromatic nitrogens is 1. The lowest BCUT2D eigenvalue weighted by Gasteiger charge is -2.22. The van der Waals surface area contributed by atoms with Crippen molar-refractivity contribution in [3.63, 3.8) is 0 Å². The van der Waals surface area contributed by atoms with Gasteiger partial charge >= 0.3 is 0 Å². The molecule has 1 aliphatic rings. The molecule has 2 rings (SSSR count). The zero-order valence-electron chi connectivity index (χ0n) is 11.6. The van der Waals surface area contributed by atoms with E-state index in [4.69, 9.17) is 5.11 Å². The molecule has 0 radical (unpaired) electrons. The maximum absolute atomic E-state index is 12.3. The van der Waals surface area contributed by atoms with E-state index in [9.17, 15) is 9.90 Å². The summed E-state index contributed by atoms with van der Waals surface area (Å²) >= 11 is 1.41. The van der Waals surface area contributed by atoms with E-state index in [0.717, 1.165) is 6.54 Å². The van der Waals surface area contributed by atoms with E-state index in [0.29, 0.717) is 25.3 Å². The van der Waals surface area contributed by atoms with E-state index in [1.807, 2.05) is 11.9 Å². The molecule has 0 spiro atoms. The lowest BCUT2D eigenvalue weighted by molar-refractivity contribution is 0.0774. The molecule has 1 fully saturated rings. The average molecular weight is 299 g/mol. The number of amides is 1. The van der Waals surface area contributed by atoms with Crippen LogP contribution in [0, 0.1) is 11.8 Å². The van der Waals surface area contributed by atoms with Gasteiger partial charge < -0.3 is 20.0 Å². The summed E-state index contributed by atoms with van der Waals surface area (Å²) in [6, 6.07) is 0. The highest BCUT2D eigenvalue weighted by atomic mass is 32.1. The highest BCUT2D eigenvalue weighted by molar-refractivity contribution is 7.07. The first kappa shape index (κ1) is 15.4. The summed E-state index contributed by atoms with van der Waals surface area (Å²) in [5.74, 6) is 0.273. The van der Waals surface area contributed by atoms with E-state index in [2.05, 4.69) is 4.98 Å². The minimum Gasteiger partial charge on any atom is -0.396 e. The molecule has 7 heteroatoms. The van der Waals surface area contributed by atoms with Crippen LogP contribution < -0.4 is 0 Å². The van der Waals surface area contributed by atoms with Crippen molar-refractivity contribution in [2.75, 3.05) is 46.4 Å². The molecule has 2 atom stereocenters. The van der Waals surface area contributed by atoms with Gasteiger partial charge in [-0.15, -0.1) is 11.3 Å². The van der Waals surface area contributed by atoms with Gasteiger partial charge in [0.1, 0.15) is 5.69 Å². The Kier molecular flexibility index (Phi) is 5.47. The third-order valence-corrected chi connectivity index (χ3v) is 4.36. The van der Waals surface area contributed by atoms with E-state index < -0.39 is 0 Å². The Morgan fingerprint density at radius 1 is 1.50 bits per heavy atom. The molecule has 0 bridgehead atoms. The zero-order chi connectivity index (χ0) is 14.5. The first-order chi connectivity index (χ1) is 9.65. The SMILES string of the molecule is CN(CCO)C[C@@H]1CN(C(=O)c2cscn2)C[C@@H]1CO. The number of thiazole rings is 1. The minimum absolute atomic E-state index is 0.0583. The molecule has 1 saturated heterocycles. The standard InChI is InChI=1S/C13H21N3O3S/c1-15(2-3-17)4-10-5-16(6-11(10)7-18)13(19)12-8-20-9-14-12/h8-11,17-18H,2-7H2,1H3/t10-,11-/m1/s1. The quantitative estimate of drug-likeness (QED) is 0.757. The van der Waals surface area contributed by atoms with Gasteiger partial charge in [0, 0.05) is 44.1 Å². The van der Waals surface area contributed by atoms with E-state index >= 15 is 0 Å². The Morgan fingerprint density at radius 3 is 2.85 bits per heavy atom. The highest BCUT2D eigenvalue weighted by Crippen LogP contribution is 2.25. The molecular formula is C13H21N3O3S. The Labute approximate surface area is 122 Å². The van der Waals surface area contributed by atoms with Crippen LogP contribution in [0.25, 0.3) is 0 Å². The van der Waals surface area contributed by atoms with E-state index in [1.54, 1.807) is 15.8 Å². The topological polar surface area (TPSA) is 76.9 Å². The van der Waals surface area contributed by atoms with Crippen LogP contribution >= 0.6 is 11.3 Å². The highest BCUT2D eigenvalue weighted by Gasteiger charge is 2.35. The van der Waals surface area contributed by atoms with Crippen LogP contribution in [0.15, 0.2) is 10.9 Å². The summed E-state index contributed by atoms with van der Waals surface area (Å²) < 4.78 is 0. The van der Waals surface area contributed by atoms with Gasteiger partial charge in [-0.2, -0.15) is 0 Å². The fraction of sp³-hybridized carbons (Fsp3) is 0.692. The number of hydrogen-bond donors (Lipinski definition) is 2. The Hall–Kier alpha value is -1.02. The Bertz CT molecular complexity index is 427. The summed E-state index contributed by atoms with van der Waals surface area (Å²) in [6.45, 7) is 2.79. The number of carbonyl (C=O) groups excluding carboxylic acids is 1. The number of carbonyl (C=O) groups is 1. The monoisotopic (exact) mass is 299 g/mol. The number of aliphatic hydroxyl groups excluding tert-OH is 2. The van der Waals surface area contributed by atoms with Gasteiger partial charge in [0.2, 0.25) is 0 Å². The molecule has 1 aromatic heterocycles. The Balaban J connectivity index is 1.96. The number of aliphatic hydroxyl groups is 2. The van der Waals surface area contributed by atoms with Crippen molar-refractivity contribution >= 4 is 17.2 Å². The second-order valence-electron chi connectivity index (χ2n) is 5.27. The molecular weight excluding hydrogens is 278 g/mol. The maximum Gasteiger partial charge on any atom is 0.273 e. The minimum atomic E-state index is -0.0583. The normalized spacial score (nSPS) is 22.7. The second-order valence-corrected chi connectivity index (χ2v) is 5.99. The summed E-state index contributed by atoms with van der Waals surface area (Å²) in [4.78, 5) is 20.1. The van der Waals surface area contributed by atoms with Gasteiger partial charge in [0.15, 0.2) is 0 Å². The molecule has 1 aliphatic heterocycles. The number of likely N-dealkylation sites (N-methyl/N-ethyl adjacent to an activating group) is 1. The molecule has 1 aromatic rings. The molecule has 2 heterocycles. The first-order valence-corrected chi connectivity index (χ1v) is 7.67. The van der Waals surface area contributed by atoms with Crippen LogP contribution in [0.5, 0.6) is 0 Å².